The van der Waals surface area contributed by atoms with Crippen LogP contribution in [0, 0.1) is 6.92 Å². The third-order valence-corrected chi connectivity index (χ3v) is 4.25. The predicted molar refractivity (Wildman–Crippen MR) is 75.0 cm³/mol. The van der Waals surface area contributed by atoms with Gasteiger partial charge in [-0.05, 0) is 37.3 Å². The van der Waals surface area contributed by atoms with Crippen molar-refractivity contribution in [3.8, 4) is 0 Å². The summed E-state index contributed by atoms with van der Waals surface area (Å²) in [6.45, 7) is 1.90. The van der Waals surface area contributed by atoms with E-state index in [2.05, 4.69) is 4.98 Å². The van der Waals surface area contributed by atoms with Crippen LogP contribution in [-0.2, 0) is 16.6 Å². The molecule has 0 saturated carbocycles. The van der Waals surface area contributed by atoms with Gasteiger partial charge >= 0.3 is 0 Å². The minimum atomic E-state index is -1.24. The number of halogens is 1. The Morgan fingerprint density at radius 3 is 2.83 bits per heavy atom. The highest BCUT2D eigenvalue weighted by Crippen LogP contribution is 2.23. The van der Waals surface area contributed by atoms with E-state index in [1.165, 1.54) is 0 Å². The normalized spacial score (nSPS) is 12.3. The number of anilines is 1. The summed E-state index contributed by atoms with van der Waals surface area (Å²) in [5.41, 5.74) is 7.92. The van der Waals surface area contributed by atoms with Crippen molar-refractivity contribution in [3.05, 3.63) is 52.8 Å². The summed E-state index contributed by atoms with van der Waals surface area (Å²) in [4.78, 5) is 4.88. The van der Waals surface area contributed by atoms with Crippen molar-refractivity contribution in [1.82, 2.24) is 4.98 Å². The molecule has 5 heteroatoms. The van der Waals surface area contributed by atoms with Crippen LogP contribution in [0.15, 0.2) is 41.3 Å². The van der Waals surface area contributed by atoms with E-state index in [4.69, 9.17) is 17.3 Å². The van der Waals surface area contributed by atoms with Gasteiger partial charge in [0.15, 0.2) is 0 Å². The number of aromatic nitrogens is 1. The van der Waals surface area contributed by atoms with Gasteiger partial charge in [0.05, 0.1) is 32.2 Å². The summed E-state index contributed by atoms with van der Waals surface area (Å²) in [6, 6.07) is 10.6. The van der Waals surface area contributed by atoms with Gasteiger partial charge in [0.2, 0.25) is 0 Å². The van der Waals surface area contributed by atoms with Crippen molar-refractivity contribution in [1.29, 1.82) is 0 Å². The van der Waals surface area contributed by atoms with E-state index < -0.39 is 10.8 Å². The molecule has 18 heavy (non-hydrogen) atoms. The first-order chi connectivity index (χ1) is 8.56. The van der Waals surface area contributed by atoms with E-state index in [1.807, 2.05) is 25.1 Å². The third-order valence-electron chi connectivity index (χ3n) is 2.43. The highest BCUT2D eigenvalue weighted by Gasteiger charge is 2.10. The molecule has 2 aromatic rings. The Morgan fingerprint density at radius 2 is 2.11 bits per heavy atom. The summed E-state index contributed by atoms with van der Waals surface area (Å²) in [5, 5.41) is 0.468. The second-order valence-corrected chi connectivity index (χ2v) is 5.78. The fraction of sp³-hybridized carbons (Fsp3) is 0.154. The molecule has 0 aliphatic heterocycles. The van der Waals surface area contributed by atoms with E-state index in [9.17, 15) is 4.21 Å². The number of nitrogens with zero attached hydrogens (tertiary/aromatic N) is 1. The number of nitrogen functional groups attached to an aromatic ring is 1. The van der Waals surface area contributed by atoms with Crippen LogP contribution in [0.4, 0.5) is 5.69 Å². The molecular weight excluding hydrogens is 268 g/mol. The first-order valence-corrected chi connectivity index (χ1v) is 7.12. The average Bonchev–Trinajstić information content (AvgIpc) is 2.32. The lowest BCUT2D eigenvalue weighted by Gasteiger charge is -2.06. The smallest absolute Gasteiger partial charge is 0.0706 e. The Morgan fingerprint density at radius 1 is 1.33 bits per heavy atom. The minimum absolute atomic E-state index is 0.338. The molecule has 2 rings (SSSR count). The molecule has 1 aromatic carbocycles. The average molecular weight is 281 g/mol. The molecule has 0 bridgehead atoms. The number of hydrogen-bond donors (Lipinski definition) is 1. The van der Waals surface area contributed by atoms with Crippen molar-refractivity contribution in [3.63, 3.8) is 0 Å². The summed E-state index contributed by atoms with van der Waals surface area (Å²) in [7, 11) is -1.24. The van der Waals surface area contributed by atoms with Crippen molar-refractivity contribution in [2.75, 3.05) is 5.73 Å². The van der Waals surface area contributed by atoms with Crippen LogP contribution < -0.4 is 5.73 Å². The number of pyridine rings is 1. The zero-order chi connectivity index (χ0) is 13.1. The maximum atomic E-state index is 12.2. The monoisotopic (exact) mass is 280 g/mol. The van der Waals surface area contributed by atoms with E-state index in [1.54, 1.807) is 18.2 Å². The first-order valence-electron chi connectivity index (χ1n) is 5.42. The minimum Gasteiger partial charge on any atom is -0.399 e. The van der Waals surface area contributed by atoms with E-state index in [0.717, 1.165) is 11.4 Å². The molecule has 1 heterocycles. The van der Waals surface area contributed by atoms with Crippen LogP contribution in [0.5, 0.6) is 0 Å². The third kappa shape index (κ3) is 3.09. The van der Waals surface area contributed by atoms with Crippen molar-refractivity contribution < 1.29 is 4.21 Å². The van der Waals surface area contributed by atoms with Crippen molar-refractivity contribution >= 4 is 28.1 Å². The summed E-state index contributed by atoms with van der Waals surface area (Å²) >= 11 is 6.02. The van der Waals surface area contributed by atoms with Crippen LogP contribution in [0.3, 0.4) is 0 Å². The maximum Gasteiger partial charge on any atom is 0.0706 e. The van der Waals surface area contributed by atoms with Crippen LogP contribution >= 0.6 is 11.6 Å². The number of nitrogens with two attached hydrogens (primary N) is 1. The van der Waals surface area contributed by atoms with Gasteiger partial charge in [0, 0.05) is 11.4 Å². The summed E-state index contributed by atoms with van der Waals surface area (Å²) in [6.07, 6.45) is 0. The quantitative estimate of drug-likeness (QED) is 0.880. The number of rotatable bonds is 3. The Bertz CT molecular complexity index is 601. The molecule has 1 atom stereocenters. The summed E-state index contributed by atoms with van der Waals surface area (Å²) < 4.78 is 12.2. The zero-order valence-corrected chi connectivity index (χ0v) is 11.5. The molecule has 3 nitrogen and oxygen atoms in total. The highest BCUT2D eigenvalue weighted by atomic mass is 35.5. The largest absolute Gasteiger partial charge is 0.399 e. The molecule has 0 radical (unpaired) electrons. The number of aryl methyl sites for hydroxylation is 1. The van der Waals surface area contributed by atoms with E-state index in [-0.39, 0.29) is 0 Å². The van der Waals surface area contributed by atoms with E-state index in [0.29, 0.717) is 21.4 Å². The highest BCUT2D eigenvalue weighted by molar-refractivity contribution is 7.84. The Balaban J connectivity index is 2.24. The second-order valence-electron chi connectivity index (χ2n) is 3.95. The van der Waals surface area contributed by atoms with Crippen molar-refractivity contribution in [2.45, 2.75) is 17.6 Å². The van der Waals surface area contributed by atoms with Gasteiger partial charge in [-0.2, -0.15) is 0 Å². The molecule has 0 aliphatic rings. The predicted octanol–water partition coefficient (Wildman–Crippen LogP) is 2.93. The zero-order valence-electron chi connectivity index (χ0n) is 9.89. The molecule has 1 aromatic heterocycles. The Hall–Kier alpha value is -1.39. The molecular formula is C13H13ClN2OS. The fourth-order valence-electron chi connectivity index (χ4n) is 1.59. The molecule has 0 spiro atoms. The van der Waals surface area contributed by atoms with Crippen LogP contribution in [0.25, 0.3) is 0 Å². The van der Waals surface area contributed by atoms with Gasteiger partial charge in [-0.3, -0.25) is 9.19 Å². The Labute approximate surface area is 113 Å². The molecule has 0 amide bonds. The number of hydrogen-bond acceptors (Lipinski definition) is 3. The standard InChI is InChI=1S/C13H13ClN2OS/c1-9-3-2-4-11(16-9)8-18(17)13-7-10(15)5-6-12(13)14/h2-7H,8,15H2,1H3. The van der Waals surface area contributed by atoms with E-state index >= 15 is 0 Å². The molecule has 0 fully saturated rings. The molecule has 0 saturated heterocycles. The van der Waals surface area contributed by atoms with Gasteiger partial charge < -0.3 is 5.73 Å². The van der Waals surface area contributed by atoms with Gasteiger partial charge in [-0.1, -0.05) is 17.7 Å². The molecule has 0 aliphatic carbocycles. The fourth-order valence-corrected chi connectivity index (χ4v) is 3.10. The lowest BCUT2D eigenvalue weighted by Crippen LogP contribution is -2.01. The van der Waals surface area contributed by atoms with Gasteiger partial charge in [0.1, 0.15) is 0 Å². The van der Waals surface area contributed by atoms with Crippen LogP contribution in [0.1, 0.15) is 11.4 Å². The summed E-state index contributed by atoms with van der Waals surface area (Å²) in [5.74, 6) is 0.338. The SMILES string of the molecule is Cc1cccc(CS(=O)c2cc(N)ccc2Cl)n1. The van der Waals surface area contributed by atoms with Crippen LogP contribution in [-0.4, -0.2) is 9.19 Å². The van der Waals surface area contributed by atoms with Gasteiger partial charge in [0.25, 0.3) is 0 Å². The number of benzene rings is 1. The first kappa shape index (κ1) is 13.1. The van der Waals surface area contributed by atoms with Crippen LogP contribution in [0.2, 0.25) is 5.02 Å². The van der Waals surface area contributed by atoms with Crippen molar-refractivity contribution in [2.24, 2.45) is 0 Å². The topological polar surface area (TPSA) is 56.0 Å². The second kappa shape index (κ2) is 5.50. The Kier molecular flexibility index (Phi) is 3.99. The molecule has 94 valence electrons. The van der Waals surface area contributed by atoms with Gasteiger partial charge in [-0.25, -0.2) is 0 Å². The lowest BCUT2D eigenvalue weighted by atomic mass is 10.3. The maximum absolute atomic E-state index is 12.2. The molecule has 1 unspecified atom stereocenters. The van der Waals surface area contributed by atoms with Gasteiger partial charge in [-0.15, -0.1) is 0 Å². The lowest BCUT2D eigenvalue weighted by molar-refractivity contribution is 0.682. The molecule has 2 N–H and O–H groups in total.